The average Bonchev–Trinajstić information content (AvgIpc) is 2.18. The molecule has 1 unspecified atom stereocenters. The van der Waals surface area contributed by atoms with Crippen molar-refractivity contribution in [3.8, 4) is 0 Å². The highest BCUT2D eigenvalue weighted by Crippen LogP contribution is 2.18. The summed E-state index contributed by atoms with van der Waals surface area (Å²) < 4.78 is 0. The summed E-state index contributed by atoms with van der Waals surface area (Å²) in [4.78, 5) is 14.2. The van der Waals surface area contributed by atoms with Gasteiger partial charge < -0.3 is 11.1 Å². The molecular weight excluding hydrogens is 214 g/mol. The molecule has 1 aliphatic heterocycles. The second-order valence-electron chi connectivity index (χ2n) is 6.00. The SMILES string of the molecule is CC(C)(C)NC(=O)CN1CCCCC1CCN. The van der Waals surface area contributed by atoms with E-state index in [1.807, 2.05) is 20.8 Å². The maximum atomic E-state index is 11.9. The molecule has 100 valence electrons. The second kappa shape index (κ2) is 6.36. The van der Waals surface area contributed by atoms with E-state index in [1.165, 1.54) is 19.3 Å². The topological polar surface area (TPSA) is 58.4 Å². The third-order valence-corrected chi connectivity index (χ3v) is 3.11. The van der Waals surface area contributed by atoms with E-state index in [0.717, 1.165) is 13.0 Å². The Kier molecular flexibility index (Phi) is 5.40. The number of carbonyl (C=O) groups excluding carboxylic acids is 1. The molecule has 3 N–H and O–H groups in total. The first-order chi connectivity index (χ1) is 7.92. The van der Waals surface area contributed by atoms with Crippen LogP contribution in [0.4, 0.5) is 0 Å². The van der Waals surface area contributed by atoms with Crippen molar-refractivity contribution in [1.82, 2.24) is 10.2 Å². The molecule has 1 rings (SSSR count). The predicted octanol–water partition coefficient (Wildman–Crippen LogP) is 1.10. The molecule has 1 atom stereocenters. The van der Waals surface area contributed by atoms with Gasteiger partial charge in [0.25, 0.3) is 0 Å². The first-order valence-corrected chi connectivity index (χ1v) is 6.67. The molecule has 0 aliphatic carbocycles. The normalized spacial score (nSPS) is 22.5. The van der Waals surface area contributed by atoms with Crippen LogP contribution in [-0.2, 0) is 4.79 Å². The molecule has 0 aromatic heterocycles. The Morgan fingerprint density at radius 3 is 2.71 bits per heavy atom. The monoisotopic (exact) mass is 241 g/mol. The Balaban J connectivity index is 2.44. The zero-order valence-corrected chi connectivity index (χ0v) is 11.5. The van der Waals surface area contributed by atoms with Gasteiger partial charge in [0, 0.05) is 11.6 Å². The van der Waals surface area contributed by atoms with Crippen molar-refractivity contribution in [3.63, 3.8) is 0 Å². The summed E-state index contributed by atoms with van der Waals surface area (Å²) in [6, 6.07) is 0.500. The summed E-state index contributed by atoms with van der Waals surface area (Å²) in [5, 5.41) is 3.02. The van der Waals surface area contributed by atoms with Crippen molar-refractivity contribution in [1.29, 1.82) is 0 Å². The number of likely N-dealkylation sites (tertiary alicyclic amines) is 1. The van der Waals surface area contributed by atoms with E-state index in [4.69, 9.17) is 5.73 Å². The summed E-state index contributed by atoms with van der Waals surface area (Å²) in [5.74, 6) is 0.126. The number of hydrogen-bond acceptors (Lipinski definition) is 3. The van der Waals surface area contributed by atoms with Gasteiger partial charge in [0.1, 0.15) is 0 Å². The van der Waals surface area contributed by atoms with Gasteiger partial charge in [0.15, 0.2) is 0 Å². The summed E-state index contributed by atoms with van der Waals surface area (Å²) in [6.45, 7) is 8.29. The maximum absolute atomic E-state index is 11.9. The molecule has 0 bridgehead atoms. The van der Waals surface area contributed by atoms with Crippen molar-refractivity contribution in [2.75, 3.05) is 19.6 Å². The van der Waals surface area contributed by atoms with Crippen LogP contribution in [0.15, 0.2) is 0 Å². The smallest absolute Gasteiger partial charge is 0.234 e. The lowest BCUT2D eigenvalue weighted by Gasteiger charge is -2.35. The van der Waals surface area contributed by atoms with Crippen LogP contribution >= 0.6 is 0 Å². The van der Waals surface area contributed by atoms with Gasteiger partial charge in [0.05, 0.1) is 6.54 Å². The summed E-state index contributed by atoms with van der Waals surface area (Å²) in [5.41, 5.74) is 5.48. The van der Waals surface area contributed by atoms with Crippen LogP contribution in [0.1, 0.15) is 46.5 Å². The Hall–Kier alpha value is -0.610. The Bertz CT molecular complexity index is 246. The first-order valence-electron chi connectivity index (χ1n) is 6.67. The molecule has 4 nitrogen and oxygen atoms in total. The molecule has 1 saturated heterocycles. The first kappa shape index (κ1) is 14.5. The van der Waals surface area contributed by atoms with E-state index in [1.54, 1.807) is 0 Å². The number of nitrogens with two attached hydrogens (primary N) is 1. The van der Waals surface area contributed by atoms with Gasteiger partial charge in [-0.25, -0.2) is 0 Å². The fourth-order valence-electron chi connectivity index (χ4n) is 2.43. The highest BCUT2D eigenvalue weighted by atomic mass is 16.2. The van der Waals surface area contributed by atoms with Crippen molar-refractivity contribution in [2.24, 2.45) is 5.73 Å². The van der Waals surface area contributed by atoms with Gasteiger partial charge in [-0.2, -0.15) is 0 Å². The standard InChI is InChI=1S/C13H27N3O/c1-13(2,3)15-12(17)10-16-9-5-4-6-11(16)7-8-14/h11H,4-10,14H2,1-3H3,(H,15,17). The van der Waals surface area contributed by atoms with E-state index in [0.29, 0.717) is 19.1 Å². The minimum absolute atomic E-state index is 0.126. The Labute approximate surface area is 105 Å². The summed E-state index contributed by atoms with van der Waals surface area (Å²) >= 11 is 0. The maximum Gasteiger partial charge on any atom is 0.234 e. The van der Waals surface area contributed by atoms with Crippen molar-refractivity contribution in [3.05, 3.63) is 0 Å². The third kappa shape index (κ3) is 5.50. The van der Waals surface area contributed by atoms with Crippen molar-refractivity contribution in [2.45, 2.75) is 58.0 Å². The summed E-state index contributed by atoms with van der Waals surface area (Å²) in [6.07, 6.45) is 4.65. The molecular formula is C13H27N3O. The number of carbonyl (C=O) groups is 1. The van der Waals surface area contributed by atoms with Crippen LogP contribution in [0, 0.1) is 0 Å². The summed E-state index contributed by atoms with van der Waals surface area (Å²) in [7, 11) is 0. The van der Waals surface area contributed by atoms with Crippen molar-refractivity contribution >= 4 is 5.91 Å². The van der Waals surface area contributed by atoms with E-state index in [-0.39, 0.29) is 11.4 Å². The zero-order chi connectivity index (χ0) is 12.9. The van der Waals surface area contributed by atoms with Crippen LogP contribution in [0.3, 0.4) is 0 Å². The number of hydrogen-bond donors (Lipinski definition) is 2. The molecule has 4 heteroatoms. The predicted molar refractivity (Wildman–Crippen MR) is 70.8 cm³/mol. The van der Waals surface area contributed by atoms with Crippen LogP contribution in [0.2, 0.25) is 0 Å². The Morgan fingerprint density at radius 1 is 1.41 bits per heavy atom. The van der Waals surface area contributed by atoms with Gasteiger partial charge in [0.2, 0.25) is 5.91 Å². The lowest BCUT2D eigenvalue weighted by molar-refractivity contribution is -0.124. The fourth-order valence-corrected chi connectivity index (χ4v) is 2.43. The lowest BCUT2D eigenvalue weighted by atomic mass is 9.99. The molecule has 1 amide bonds. The van der Waals surface area contributed by atoms with Gasteiger partial charge in [-0.1, -0.05) is 6.42 Å². The van der Waals surface area contributed by atoms with Gasteiger partial charge in [-0.3, -0.25) is 9.69 Å². The zero-order valence-electron chi connectivity index (χ0n) is 11.5. The molecule has 1 fully saturated rings. The molecule has 1 heterocycles. The highest BCUT2D eigenvalue weighted by molar-refractivity contribution is 5.78. The van der Waals surface area contributed by atoms with Gasteiger partial charge in [-0.15, -0.1) is 0 Å². The largest absolute Gasteiger partial charge is 0.350 e. The van der Waals surface area contributed by atoms with Gasteiger partial charge in [-0.05, 0) is 53.1 Å². The minimum atomic E-state index is -0.143. The third-order valence-electron chi connectivity index (χ3n) is 3.11. The molecule has 1 aliphatic rings. The van der Waals surface area contributed by atoms with Crippen LogP contribution in [0.25, 0.3) is 0 Å². The van der Waals surface area contributed by atoms with Gasteiger partial charge >= 0.3 is 0 Å². The number of amides is 1. The van der Waals surface area contributed by atoms with Crippen LogP contribution in [-0.4, -0.2) is 42.0 Å². The molecule has 17 heavy (non-hydrogen) atoms. The van der Waals surface area contributed by atoms with Crippen LogP contribution in [0.5, 0.6) is 0 Å². The van der Waals surface area contributed by atoms with Crippen LogP contribution < -0.4 is 11.1 Å². The number of nitrogens with one attached hydrogen (secondary N) is 1. The molecule has 0 aromatic carbocycles. The lowest BCUT2D eigenvalue weighted by Crippen LogP contribution is -2.50. The minimum Gasteiger partial charge on any atom is -0.350 e. The number of rotatable bonds is 4. The number of piperidine rings is 1. The molecule has 0 saturated carbocycles. The highest BCUT2D eigenvalue weighted by Gasteiger charge is 2.24. The average molecular weight is 241 g/mol. The second-order valence-corrected chi connectivity index (χ2v) is 6.00. The van der Waals surface area contributed by atoms with E-state index in [2.05, 4.69) is 10.2 Å². The quantitative estimate of drug-likeness (QED) is 0.775. The number of nitrogens with zero attached hydrogens (tertiary/aromatic N) is 1. The van der Waals surface area contributed by atoms with E-state index < -0.39 is 0 Å². The molecule has 0 spiro atoms. The Morgan fingerprint density at radius 2 is 2.12 bits per heavy atom. The van der Waals surface area contributed by atoms with Crippen molar-refractivity contribution < 1.29 is 4.79 Å². The van der Waals surface area contributed by atoms with E-state index in [9.17, 15) is 4.79 Å². The molecule has 0 radical (unpaired) electrons. The van der Waals surface area contributed by atoms with E-state index >= 15 is 0 Å². The fraction of sp³-hybridized carbons (Fsp3) is 0.923. The molecule has 0 aromatic rings.